The average Bonchev–Trinajstić information content (AvgIpc) is 2.48. The Labute approximate surface area is 125 Å². The van der Waals surface area contributed by atoms with Crippen LogP contribution in [0.15, 0.2) is 12.1 Å². The number of piperazine rings is 1. The number of nitrogens with one attached hydrogen (secondary N) is 3. The Morgan fingerprint density at radius 1 is 1.29 bits per heavy atom. The minimum atomic E-state index is -0.494. The molecule has 1 atom stereocenters. The second-order valence-electron chi connectivity index (χ2n) is 4.70. The van der Waals surface area contributed by atoms with Crippen molar-refractivity contribution in [3.63, 3.8) is 0 Å². The Bertz CT molecular complexity index is 583. The third-order valence-electron chi connectivity index (χ3n) is 3.22. The van der Waals surface area contributed by atoms with Crippen LogP contribution >= 0.6 is 11.6 Å². The molecule has 8 heteroatoms. The van der Waals surface area contributed by atoms with Crippen LogP contribution in [0.1, 0.15) is 0 Å². The Morgan fingerprint density at radius 3 is 2.67 bits per heavy atom. The van der Waals surface area contributed by atoms with Crippen molar-refractivity contribution in [3.8, 4) is 11.5 Å². The zero-order valence-corrected chi connectivity index (χ0v) is 11.8. The van der Waals surface area contributed by atoms with Crippen LogP contribution in [0.25, 0.3) is 0 Å². The summed E-state index contributed by atoms with van der Waals surface area (Å²) < 4.78 is 10.9. The van der Waals surface area contributed by atoms with Gasteiger partial charge in [0.25, 0.3) is 0 Å². The number of hydrogen-bond acceptors (Lipinski definition) is 5. The Hall–Kier alpha value is -1.99. The van der Waals surface area contributed by atoms with Crippen molar-refractivity contribution in [2.45, 2.75) is 6.04 Å². The summed E-state index contributed by atoms with van der Waals surface area (Å²) in [5.74, 6) is 0.711. The van der Waals surface area contributed by atoms with E-state index in [0.717, 1.165) is 0 Å². The number of halogens is 1. The SMILES string of the molecule is O=C1CNC(C(=O)Nc2cc3c(cc2Cl)OCCO3)CN1. The number of hydrogen-bond donors (Lipinski definition) is 3. The number of amides is 2. The van der Waals surface area contributed by atoms with Gasteiger partial charge in [0.1, 0.15) is 19.3 Å². The van der Waals surface area contributed by atoms with Crippen LogP contribution < -0.4 is 25.4 Å². The lowest BCUT2D eigenvalue weighted by atomic mass is 10.2. The first-order chi connectivity index (χ1) is 10.1. The minimum absolute atomic E-state index is 0.118. The van der Waals surface area contributed by atoms with E-state index in [9.17, 15) is 9.59 Å². The van der Waals surface area contributed by atoms with Gasteiger partial charge in [0.2, 0.25) is 11.8 Å². The maximum Gasteiger partial charge on any atom is 0.243 e. The summed E-state index contributed by atoms with van der Waals surface area (Å²) in [6.07, 6.45) is 0. The van der Waals surface area contributed by atoms with Crippen LogP contribution in [0.5, 0.6) is 11.5 Å². The zero-order chi connectivity index (χ0) is 14.8. The standard InChI is InChI=1S/C13H14ClN3O4/c14-7-3-10-11(21-2-1-20-10)4-8(7)17-13(19)9-5-16-12(18)6-15-9/h3-4,9,15H,1-2,5-6H2,(H,16,18)(H,17,19). The quantitative estimate of drug-likeness (QED) is 0.723. The highest BCUT2D eigenvalue weighted by Gasteiger charge is 2.25. The van der Waals surface area contributed by atoms with Crippen molar-refractivity contribution in [1.29, 1.82) is 0 Å². The van der Waals surface area contributed by atoms with E-state index >= 15 is 0 Å². The van der Waals surface area contributed by atoms with Gasteiger partial charge in [-0.05, 0) is 0 Å². The van der Waals surface area contributed by atoms with E-state index < -0.39 is 6.04 Å². The molecule has 1 aromatic rings. The van der Waals surface area contributed by atoms with Crippen LogP contribution in [0, 0.1) is 0 Å². The van der Waals surface area contributed by atoms with Gasteiger partial charge in [0.15, 0.2) is 11.5 Å². The second-order valence-corrected chi connectivity index (χ2v) is 5.11. The summed E-state index contributed by atoms with van der Waals surface area (Å²) in [5.41, 5.74) is 0.449. The number of carbonyl (C=O) groups excluding carboxylic acids is 2. The maximum absolute atomic E-state index is 12.1. The predicted molar refractivity (Wildman–Crippen MR) is 75.9 cm³/mol. The molecule has 0 aromatic heterocycles. The van der Waals surface area contributed by atoms with E-state index in [1.54, 1.807) is 12.1 Å². The lowest BCUT2D eigenvalue weighted by molar-refractivity contribution is -0.124. The molecule has 21 heavy (non-hydrogen) atoms. The Balaban J connectivity index is 1.72. The fourth-order valence-corrected chi connectivity index (χ4v) is 2.33. The summed E-state index contributed by atoms with van der Waals surface area (Å²) in [7, 11) is 0. The van der Waals surface area contributed by atoms with Gasteiger partial charge in [-0.2, -0.15) is 0 Å². The number of anilines is 1. The van der Waals surface area contributed by atoms with Crippen LogP contribution in [0.4, 0.5) is 5.69 Å². The molecule has 0 bridgehead atoms. The topological polar surface area (TPSA) is 88.7 Å². The predicted octanol–water partition coefficient (Wildman–Crippen LogP) is 0.138. The number of fused-ring (bicyclic) bond motifs is 1. The molecule has 0 spiro atoms. The van der Waals surface area contributed by atoms with Gasteiger partial charge in [-0.25, -0.2) is 0 Å². The maximum atomic E-state index is 12.1. The molecular weight excluding hydrogens is 298 g/mol. The molecule has 7 nitrogen and oxygen atoms in total. The Morgan fingerprint density at radius 2 is 2.00 bits per heavy atom. The molecule has 1 saturated heterocycles. The lowest BCUT2D eigenvalue weighted by Gasteiger charge is -2.24. The first-order valence-electron chi connectivity index (χ1n) is 6.53. The molecule has 2 aliphatic rings. The van der Waals surface area contributed by atoms with Crippen molar-refractivity contribution in [3.05, 3.63) is 17.2 Å². The molecule has 0 radical (unpaired) electrons. The van der Waals surface area contributed by atoms with Crippen molar-refractivity contribution >= 4 is 29.1 Å². The summed E-state index contributed by atoms with van der Waals surface area (Å²) in [4.78, 5) is 23.2. The molecule has 2 amide bonds. The summed E-state index contributed by atoms with van der Waals surface area (Å²) in [5, 5.41) is 8.56. The van der Waals surface area contributed by atoms with Gasteiger partial charge in [0, 0.05) is 18.7 Å². The normalized spacial score (nSPS) is 20.6. The third kappa shape index (κ3) is 3.03. The highest BCUT2D eigenvalue weighted by atomic mass is 35.5. The fourth-order valence-electron chi connectivity index (χ4n) is 2.13. The fraction of sp³-hybridized carbons (Fsp3) is 0.385. The lowest BCUT2D eigenvalue weighted by Crippen LogP contribution is -2.56. The van der Waals surface area contributed by atoms with E-state index in [-0.39, 0.29) is 24.9 Å². The first-order valence-corrected chi connectivity index (χ1v) is 6.91. The summed E-state index contributed by atoms with van der Waals surface area (Å²) in [6.45, 7) is 1.29. The van der Waals surface area contributed by atoms with E-state index in [2.05, 4.69) is 16.0 Å². The van der Waals surface area contributed by atoms with E-state index in [0.29, 0.717) is 35.4 Å². The molecule has 0 aliphatic carbocycles. The van der Waals surface area contributed by atoms with Gasteiger partial charge in [-0.3, -0.25) is 14.9 Å². The molecule has 112 valence electrons. The first kappa shape index (κ1) is 14.0. The number of ether oxygens (including phenoxy) is 2. The summed E-state index contributed by atoms with van der Waals surface area (Å²) >= 11 is 6.13. The molecule has 0 saturated carbocycles. The zero-order valence-electron chi connectivity index (χ0n) is 11.1. The van der Waals surface area contributed by atoms with Crippen LogP contribution in [-0.2, 0) is 9.59 Å². The average molecular weight is 312 g/mol. The number of benzene rings is 1. The van der Waals surface area contributed by atoms with Gasteiger partial charge in [-0.15, -0.1) is 0 Å². The van der Waals surface area contributed by atoms with Gasteiger partial charge in [-0.1, -0.05) is 11.6 Å². The van der Waals surface area contributed by atoms with Gasteiger partial charge < -0.3 is 20.1 Å². The minimum Gasteiger partial charge on any atom is -0.486 e. The number of carbonyl (C=O) groups is 2. The molecule has 1 aromatic carbocycles. The second kappa shape index (κ2) is 5.79. The number of rotatable bonds is 2. The van der Waals surface area contributed by atoms with E-state index in [1.807, 2.05) is 0 Å². The van der Waals surface area contributed by atoms with Crippen molar-refractivity contribution in [2.24, 2.45) is 0 Å². The van der Waals surface area contributed by atoms with Crippen LogP contribution in [-0.4, -0.2) is 44.2 Å². The molecule has 3 N–H and O–H groups in total. The molecule has 1 unspecified atom stereocenters. The Kier molecular flexibility index (Phi) is 3.85. The van der Waals surface area contributed by atoms with Crippen molar-refractivity contribution in [2.75, 3.05) is 31.6 Å². The van der Waals surface area contributed by atoms with Gasteiger partial charge in [0.05, 0.1) is 17.3 Å². The smallest absolute Gasteiger partial charge is 0.243 e. The molecule has 1 fully saturated rings. The third-order valence-corrected chi connectivity index (χ3v) is 3.53. The van der Waals surface area contributed by atoms with E-state index in [4.69, 9.17) is 21.1 Å². The largest absolute Gasteiger partial charge is 0.486 e. The van der Waals surface area contributed by atoms with Gasteiger partial charge >= 0.3 is 0 Å². The molecule has 3 rings (SSSR count). The van der Waals surface area contributed by atoms with E-state index in [1.165, 1.54) is 0 Å². The van der Waals surface area contributed by atoms with Crippen LogP contribution in [0.2, 0.25) is 5.02 Å². The highest BCUT2D eigenvalue weighted by molar-refractivity contribution is 6.34. The molecule has 2 aliphatic heterocycles. The molecule has 2 heterocycles. The van der Waals surface area contributed by atoms with Crippen LogP contribution in [0.3, 0.4) is 0 Å². The highest BCUT2D eigenvalue weighted by Crippen LogP contribution is 2.37. The van der Waals surface area contributed by atoms with Crippen molar-refractivity contribution in [1.82, 2.24) is 10.6 Å². The molecular formula is C13H14ClN3O4. The van der Waals surface area contributed by atoms with Crippen molar-refractivity contribution < 1.29 is 19.1 Å². The summed E-state index contributed by atoms with van der Waals surface area (Å²) in [6, 6.07) is 2.75. The monoisotopic (exact) mass is 311 g/mol.